The highest BCUT2D eigenvalue weighted by Gasteiger charge is 2.23. The smallest absolute Gasteiger partial charge is 0.122 e. The maximum Gasteiger partial charge on any atom is 0.122 e. The lowest BCUT2D eigenvalue weighted by Gasteiger charge is -2.35. The van der Waals surface area contributed by atoms with E-state index in [2.05, 4.69) is 30.1 Å². The van der Waals surface area contributed by atoms with Gasteiger partial charge in [-0.3, -0.25) is 4.90 Å². The molecule has 0 spiro atoms. The summed E-state index contributed by atoms with van der Waals surface area (Å²) in [6, 6.07) is 2.07. The lowest BCUT2D eigenvalue weighted by Crippen LogP contribution is -2.44. The van der Waals surface area contributed by atoms with Crippen LogP contribution in [0.3, 0.4) is 0 Å². The highest BCUT2D eigenvalue weighted by molar-refractivity contribution is 5.17. The molecule has 0 bridgehead atoms. The molecule has 1 aliphatic heterocycles. The molecule has 1 N–H and O–H groups in total. The first kappa shape index (κ1) is 12.6. The Hall–Kier alpha value is -0.840. The van der Waals surface area contributed by atoms with E-state index in [0.29, 0.717) is 12.2 Å². The van der Waals surface area contributed by atoms with Gasteiger partial charge in [0.1, 0.15) is 5.76 Å². The summed E-state index contributed by atoms with van der Waals surface area (Å²) < 4.78 is 11.2. The second-order valence-corrected chi connectivity index (χ2v) is 4.85. The van der Waals surface area contributed by atoms with Gasteiger partial charge in [0.05, 0.1) is 25.0 Å². The molecule has 2 heterocycles. The molecule has 0 radical (unpaired) electrons. The standard InChI is InChI=1S/C13H22N2O2/c1-10-7-15(8-11(2)17-10)9-12-4-5-16-13(12)6-14-3/h4-5,10-11,14H,6-9H2,1-3H3. The van der Waals surface area contributed by atoms with Gasteiger partial charge in [-0.1, -0.05) is 0 Å². The minimum atomic E-state index is 0.318. The van der Waals surface area contributed by atoms with Crippen molar-refractivity contribution in [2.75, 3.05) is 20.1 Å². The van der Waals surface area contributed by atoms with Crippen LogP contribution in [0.5, 0.6) is 0 Å². The predicted octanol–water partition coefficient (Wildman–Crippen LogP) is 1.61. The Kier molecular flexibility index (Phi) is 4.20. The van der Waals surface area contributed by atoms with Crippen molar-refractivity contribution in [3.05, 3.63) is 23.7 Å². The number of nitrogens with one attached hydrogen (secondary N) is 1. The van der Waals surface area contributed by atoms with Gasteiger partial charge in [0, 0.05) is 25.2 Å². The fourth-order valence-corrected chi connectivity index (χ4v) is 2.48. The van der Waals surface area contributed by atoms with Gasteiger partial charge in [-0.05, 0) is 27.0 Å². The van der Waals surface area contributed by atoms with Crippen LogP contribution in [0, 0.1) is 0 Å². The van der Waals surface area contributed by atoms with E-state index >= 15 is 0 Å². The molecular weight excluding hydrogens is 216 g/mol. The van der Waals surface area contributed by atoms with Crippen molar-refractivity contribution in [3.63, 3.8) is 0 Å². The van der Waals surface area contributed by atoms with Crippen molar-refractivity contribution in [1.29, 1.82) is 0 Å². The van der Waals surface area contributed by atoms with Gasteiger partial charge < -0.3 is 14.5 Å². The Morgan fingerprint density at radius 3 is 2.71 bits per heavy atom. The lowest BCUT2D eigenvalue weighted by atomic mass is 10.2. The predicted molar refractivity (Wildman–Crippen MR) is 66.8 cm³/mol. The van der Waals surface area contributed by atoms with Crippen molar-refractivity contribution in [2.24, 2.45) is 0 Å². The van der Waals surface area contributed by atoms with Gasteiger partial charge in [0.2, 0.25) is 0 Å². The number of rotatable bonds is 4. The third-order valence-electron chi connectivity index (χ3n) is 3.06. The summed E-state index contributed by atoms with van der Waals surface area (Å²) in [5.74, 6) is 1.04. The molecule has 1 aromatic heterocycles. The Bertz CT molecular complexity index is 341. The van der Waals surface area contributed by atoms with Gasteiger partial charge in [0.15, 0.2) is 0 Å². The van der Waals surface area contributed by atoms with Crippen LogP contribution in [-0.4, -0.2) is 37.2 Å². The molecule has 96 valence electrons. The first-order valence-electron chi connectivity index (χ1n) is 6.26. The average molecular weight is 238 g/mol. The summed E-state index contributed by atoms with van der Waals surface area (Å²) in [6.07, 6.45) is 2.41. The van der Waals surface area contributed by atoms with Crippen LogP contribution in [-0.2, 0) is 17.8 Å². The van der Waals surface area contributed by atoms with Crippen LogP contribution in [0.1, 0.15) is 25.2 Å². The molecule has 1 saturated heterocycles. The van der Waals surface area contributed by atoms with Gasteiger partial charge in [-0.25, -0.2) is 0 Å². The maximum atomic E-state index is 5.74. The number of hydrogen-bond acceptors (Lipinski definition) is 4. The topological polar surface area (TPSA) is 37.6 Å². The summed E-state index contributed by atoms with van der Waals surface area (Å²) >= 11 is 0. The zero-order valence-corrected chi connectivity index (χ0v) is 10.9. The largest absolute Gasteiger partial charge is 0.468 e. The molecule has 0 amide bonds. The number of ether oxygens (including phenoxy) is 1. The number of nitrogens with zero attached hydrogens (tertiary/aromatic N) is 1. The fourth-order valence-electron chi connectivity index (χ4n) is 2.48. The van der Waals surface area contributed by atoms with Crippen LogP contribution >= 0.6 is 0 Å². The van der Waals surface area contributed by atoms with E-state index in [1.807, 2.05) is 7.05 Å². The Balaban J connectivity index is 1.97. The Labute approximate surface area is 103 Å². The zero-order chi connectivity index (χ0) is 12.3. The quantitative estimate of drug-likeness (QED) is 0.864. The normalized spacial score (nSPS) is 26.3. The summed E-state index contributed by atoms with van der Waals surface area (Å²) in [5.41, 5.74) is 1.28. The molecule has 1 fully saturated rings. The van der Waals surface area contributed by atoms with Gasteiger partial charge >= 0.3 is 0 Å². The Morgan fingerprint density at radius 2 is 2.06 bits per heavy atom. The summed E-state index contributed by atoms with van der Waals surface area (Å²) in [4.78, 5) is 2.43. The zero-order valence-electron chi connectivity index (χ0n) is 10.9. The SMILES string of the molecule is CNCc1occc1CN1CC(C)OC(C)C1. The molecule has 0 saturated carbocycles. The lowest BCUT2D eigenvalue weighted by molar-refractivity contribution is -0.0706. The molecule has 0 aromatic carbocycles. The molecular formula is C13H22N2O2. The third kappa shape index (κ3) is 3.31. The van der Waals surface area contributed by atoms with Crippen molar-refractivity contribution in [3.8, 4) is 0 Å². The van der Waals surface area contributed by atoms with Crippen LogP contribution in [0.15, 0.2) is 16.7 Å². The van der Waals surface area contributed by atoms with Crippen molar-refractivity contribution >= 4 is 0 Å². The molecule has 2 atom stereocenters. The summed E-state index contributed by atoms with van der Waals surface area (Å²) in [5, 5.41) is 3.13. The monoisotopic (exact) mass is 238 g/mol. The minimum absolute atomic E-state index is 0.318. The molecule has 1 aliphatic rings. The van der Waals surface area contributed by atoms with Crippen molar-refractivity contribution in [1.82, 2.24) is 10.2 Å². The first-order chi connectivity index (χ1) is 8.19. The molecule has 0 aliphatic carbocycles. The van der Waals surface area contributed by atoms with E-state index in [1.54, 1.807) is 6.26 Å². The summed E-state index contributed by atoms with van der Waals surface area (Å²) in [6.45, 7) is 7.99. The second kappa shape index (κ2) is 5.67. The first-order valence-corrected chi connectivity index (χ1v) is 6.26. The highest BCUT2D eigenvalue weighted by atomic mass is 16.5. The Morgan fingerprint density at radius 1 is 1.35 bits per heavy atom. The van der Waals surface area contributed by atoms with E-state index in [-0.39, 0.29) is 0 Å². The van der Waals surface area contributed by atoms with Crippen LogP contribution < -0.4 is 5.32 Å². The maximum absolute atomic E-state index is 5.74. The number of furan rings is 1. The molecule has 4 nitrogen and oxygen atoms in total. The van der Waals surface area contributed by atoms with Gasteiger partial charge in [-0.15, -0.1) is 0 Å². The van der Waals surface area contributed by atoms with Crippen LogP contribution in [0.25, 0.3) is 0 Å². The fraction of sp³-hybridized carbons (Fsp3) is 0.692. The third-order valence-corrected chi connectivity index (χ3v) is 3.06. The van der Waals surface area contributed by atoms with E-state index < -0.39 is 0 Å². The van der Waals surface area contributed by atoms with Gasteiger partial charge in [-0.2, -0.15) is 0 Å². The number of morpholine rings is 1. The summed E-state index contributed by atoms with van der Waals surface area (Å²) in [7, 11) is 1.94. The minimum Gasteiger partial charge on any atom is -0.468 e. The average Bonchev–Trinajstić information content (AvgIpc) is 2.65. The van der Waals surface area contributed by atoms with E-state index in [9.17, 15) is 0 Å². The number of hydrogen-bond donors (Lipinski definition) is 1. The molecule has 17 heavy (non-hydrogen) atoms. The van der Waals surface area contributed by atoms with E-state index in [1.165, 1.54) is 5.56 Å². The van der Waals surface area contributed by atoms with Crippen molar-refractivity contribution < 1.29 is 9.15 Å². The second-order valence-electron chi connectivity index (χ2n) is 4.85. The van der Waals surface area contributed by atoms with Crippen molar-refractivity contribution in [2.45, 2.75) is 39.1 Å². The molecule has 2 rings (SSSR count). The molecule has 2 unspecified atom stereocenters. The van der Waals surface area contributed by atoms with Crippen LogP contribution in [0.2, 0.25) is 0 Å². The van der Waals surface area contributed by atoms with E-state index in [0.717, 1.165) is 31.9 Å². The van der Waals surface area contributed by atoms with Crippen LogP contribution in [0.4, 0.5) is 0 Å². The molecule has 4 heteroatoms. The highest BCUT2D eigenvalue weighted by Crippen LogP contribution is 2.17. The van der Waals surface area contributed by atoms with Gasteiger partial charge in [0.25, 0.3) is 0 Å². The van der Waals surface area contributed by atoms with E-state index in [4.69, 9.17) is 9.15 Å². The molecule has 1 aromatic rings.